The van der Waals surface area contributed by atoms with E-state index in [2.05, 4.69) is 0 Å². The number of rotatable bonds is 2. The highest BCUT2D eigenvalue weighted by atomic mass is 16.3. The summed E-state index contributed by atoms with van der Waals surface area (Å²) in [5, 5.41) is 12.4. The second-order valence-corrected chi connectivity index (χ2v) is 5.90. The Kier molecular flexibility index (Phi) is 3.32. The highest BCUT2D eigenvalue weighted by Gasteiger charge is 2.11. The molecular formula is C20H17N3O. The molecule has 0 fully saturated rings. The Bertz CT molecular complexity index is 1060. The van der Waals surface area contributed by atoms with E-state index in [0.29, 0.717) is 11.4 Å². The molecule has 0 bridgehead atoms. The largest absolute Gasteiger partial charge is 0.399 e. The van der Waals surface area contributed by atoms with Crippen molar-refractivity contribution in [2.24, 2.45) is 0 Å². The average Bonchev–Trinajstić information content (AvgIpc) is 2.60. The van der Waals surface area contributed by atoms with Gasteiger partial charge in [0, 0.05) is 27.7 Å². The first kappa shape index (κ1) is 14.5. The number of nitrogens with two attached hydrogens (primary N) is 2. The number of nitrogen functional groups attached to an aromatic ring is 2. The van der Waals surface area contributed by atoms with Gasteiger partial charge in [-0.25, -0.2) is 4.98 Å². The van der Waals surface area contributed by atoms with Crippen LogP contribution in [0.25, 0.3) is 32.9 Å². The fourth-order valence-electron chi connectivity index (χ4n) is 3.03. The molecule has 1 heterocycles. The van der Waals surface area contributed by atoms with Crippen LogP contribution in [0, 0.1) is 0 Å². The second-order valence-electron chi connectivity index (χ2n) is 5.90. The van der Waals surface area contributed by atoms with Gasteiger partial charge in [-0.1, -0.05) is 36.4 Å². The molecule has 0 spiro atoms. The molecule has 1 aromatic heterocycles. The number of fused-ring (bicyclic) bond motifs is 3. The number of nitrogens with zero attached hydrogens (tertiary/aromatic N) is 1. The van der Waals surface area contributed by atoms with Gasteiger partial charge >= 0.3 is 0 Å². The van der Waals surface area contributed by atoms with E-state index >= 15 is 0 Å². The molecule has 24 heavy (non-hydrogen) atoms. The number of hydrogen-bond acceptors (Lipinski definition) is 4. The minimum atomic E-state index is 0.0235. The van der Waals surface area contributed by atoms with Crippen LogP contribution < -0.4 is 11.5 Å². The molecule has 5 N–H and O–H groups in total. The van der Waals surface area contributed by atoms with E-state index in [1.807, 2.05) is 60.7 Å². The zero-order valence-corrected chi connectivity index (χ0v) is 13.0. The van der Waals surface area contributed by atoms with Gasteiger partial charge in [0.15, 0.2) is 0 Å². The van der Waals surface area contributed by atoms with Crippen LogP contribution in [0.15, 0.2) is 60.7 Å². The van der Waals surface area contributed by atoms with Crippen molar-refractivity contribution in [3.8, 4) is 11.3 Å². The number of anilines is 2. The van der Waals surface area contributed by atoms with Gasteiger partial charge in [0.25, 0.3) is 0 Å². The van der Waals surface area contributed by atoms with E-state index in [9.17, 15) is 5.11 Å². The summed E-state index contributed by atoms with van der Waals surface area (Å²) in [5.74, 6) is 0. The van der Waals surface area contributed by atoms with Crippen LogP contribution in [0.2, 0.25) is 0 Å². The molecule has 4 heteroatoms. The number of benzene rings is 3. The number of aliphatic hydroxyl groups excluding tert-OH is 1. The van der Waals surface area contributed by atoms with Crippen molar-refractivity contribution in [3.63, 3.8) is 0 Å². The van der Waals surface area contributed by atoms with Crippen molar-refractivity contribution >= 4 is 33.1 Å². The number of hydrogen-bond donors (Lipinski definition) is 3. The molecule has 0 amide bonds. The third kappa shape index (κ3) is 2.33. The monoisotopic (exact) mass is 315 g/mol. The number of aromatic nitrogens is 1. The Morgan fingerprint density at radius 1 is 0.750 bits per heavy atom. The highest BCUT2D eigenvalue weighted by Crippen LogP contribution is 2.34. The predicted molar refractivity (Wildman–Crippen MR) is 99.4 cm³/mol. The minimum absolute atomic E-state index is 0.0235. The van der Waals surface area contributed by atoms with Crippen molar-refractivity contribution in [1.29, 1.82) is 0 Å². The molecule has 4 aromatic rings. The van der Waals surface area contributed by atoms with Crippen LogP contribution in [-0.4, -0.2) is 10.1 Å². The van der Waals surface area contributed by atoms with Gasteiger partial charge < -0.3 is 16.6 Å². The van der Waals surface area contributed by atoms with E-state index in [1.54, 1.807) is 0 Å². The maximum Gasteiger partial charge on any atom is 0.0788 e. The highest BCUT2D eigenvalue weighted by molar-refractivity contribution is 6.12. The molecule has 0 aliphatic carbocycles. The van der Waals surface area contributed by atoms with Crippen molar-refractivity contribution in [2.75, 3.05) is 11.5 Å². The Morgan fingerprint density at radius 3 is 2.12 bits per heavy atom. The zero-order chi connectivity index (χ0) is 16.7. The van der Waals surface area contributed by atoms with Gasteiger partial charge in [0.05, 0.1) is 17.8 Å². The summed E-state index contributed by atoms with van der Waals surface area (Å²) in [6.07, 6.45) is 0. The molecule has 0 atom stereocenters. The van der Waals surface area contributed by atoms with Crippen molar-refractivity contribution in [1.82, 2.24) is 4.98 Å². The quantitative estimate of drug-likeness (QED) is 0.389. The van der Waals surface area contributed by atoms with Crippen LogP contribution in [-0.2, 0) is 6.61 Å². The fraction of sp³-hybridized carbons (Fsp3) is 0.0500. The van der Waals surface area contributed by atoms with Gasteiger partial charge in [-0.05, 0) is 35.2 Å². The zero-order valence-electron chi connectivity index (χ0n) is 13.0. The summed E-state index contributed by atoms with van der Waals surface area (Å²) in [4.78, 5) is 4.83. The van der Waals surface area contributed by atoms with Crippen molar-refractivity contribution in [3.05, 3.63) is 66.2 Å². The van der Waals surface area contributed by atoms with Crippen LogP contribution in [0.4, 0.5) is 11.4 Å². The lowest BCUT2D eigenvalue weighted by Crippen LogP contribution is -1.93. The SMILES string of the molecule is Nc1ccc2c(c1)nc(-c1ccc(CO)cc1)c1cc(N)ccc12. The summed E-state index contributed by atoms with van der Waals surface area (Å²) in [5.41, 5.74) is 16.9. The molecular weight excluding hydrogens is 298 g/mol. The topological polar surface area (TPSA) is 85.2 Å². The summed E-state index contributed by atoms with van der Waals surface area (Å²) < 4.78 is 0. The lowest BCUT2D eigenvalue weighted by atomic mass is 9.99. The molecule has 0 saturated carbocycles. The second kappa shape index (κ2) is 5.51. The molecule has 0 unspecified atom stereocenters. The van der Waals surface area contributed by atoms with Gasteiger partial charge in [-0.2, -0.15) is 0 Å². The van der Waals surface area contributed by atoms with E-state index in [0.717, 1.165) is 38.5 Å². The molecule has 0 aliphatic rings. The average molecular weight is 315 g/mol. The maximum absolute atomic E-state index is 9.23. The van der Waals surface area contributed by atoms with Crippen molar-refractivity contribution in [2.45, 2.75) is 6.61 Å². The van der Waals surface area contributed by atoms with E-state index < -0.39 is 0 Å². The Hall–Kier alpha value is -3.11. The van der Waals surface area contributed by atoms with Gasteiger partial charge in [0.1, 0.15) is 0 Å². The maximum atomic E-state index is 9.23. The summed E-state index contributed by atoms with van der Waals surface area (Å²) in [6.45, 7) is 0.0235. The Balaban J connectivity index is 2.08. The molecule has 118 valence electrons. The molecule has 3 aromatic carbocycles. The van der Waals surface area contributed by atoms with Crippen LogP contribution in [0.1, 0.15) is 5.56 Å². The first-order chi connectivity index (χ1) is 11.7. The van der Waals surface area contributed by atoms with Gasteiger partial charge in [0.2, 0.25) is 0 Å². The number of pyridine rings is 1. The molecule has 0 aliphatic heterocycles. The van der Waals surface area contributed by atoms with Gasteiger partial charge in [-0.15, -0.1) is 0 Å². The molecule has 4 nitrogen and oxygen atoms in total. The third-order valence-electron chi connectivity index (χ3n) is 4.25. The van der Waals surface area contributed by atoms with Crippen LogP contribution in [0.5, 0.6) is 0 Å². The molecule has 0 radical (unpaired) electrons. The van der Waals surface area contributed by atoms with Crippen LogP contribution >= 0.6 is 0 Å². The van der Waals surface area contributed by atoms with Crippen LogP contribution in [0.3, 0.4) is 0 Å². The van der Waals surface area contributed by atoms with Crippen molar-refractivity contribution < 1.29 is 5.11 Å². The summed E-state index contributed by atoms with van der Waals surface area (Å²) >= 11 is 0. The molecule has 4 rings (SSSR count). The number of aliphatic hydroxyl groups is 1. The predicted octanol–water partition coefficient (Wildman–Crippen LogP) is 3.71. The fourth-order valence-corrected chi connectivity index (χ4v) is 3.03. The summed E-state index contributed by atoms with van der Waals surface area (Å²) in [7, 11) is 0. The normalized spacial score (nSPS) is 11.2. The lowest BCUT2D eigenvalue weighted by Gasteiger charge is -2.11. The summed E-state index contributed by atoms with van der Waals surface area (Å²) in [6, 6.07) is 19.4. The van der Waals surface area contributed by atoms with E-state index in [1.165, 1.54) is 0 Å². The van der Waals surface area contributed by atoms with E-state index in [-0.39, 0.29) is 6.61 Å². The minimum Gasteiger partial charge on any atom is -0.399 e. The smallest absolute Gasteiger partial charge is 0.0788 e. The van der Waals surface area contributed by atoms with E-state index in [4.69, 9.17) is 16.5 Å². The first-order valence-corrected chi connectivity index (χ1v) is 7.74. The first-order valence-electron chi connectivity index (χ1n) is 7.74. The third-order valence-corrected chi connectivity index (χ3v) is 4.25. The molecule has 0 saturated heterocycles. The Morgan fingerprint density at radius 2 is 1.42 bits per heavy atom. The Labute approximate surface area is 139 Å². The lowest BCUT2D eigenvalue weighted by molar-refractivity contribution is 0.282. The standard InChI is InChI=1S/C20H17N3O/c21-14-5-7-16-17-8-6-15(22)10-19(17)23-20(18(16)9-14)13-3-1-12(11-24)2-4-13/h1-10,24H,11,21-22H2. The van der Waals surface area contributed by atoms with Gasteiger partial charge in [-0.3, -0.25) is 0 Å².